The third-order valence-electron chi connectivity index (χ3n) is 2.09. The van der Waals surface area contributed by atoms with Crippen LogP contribution in [0.5, 0.6) is 0 Å². The van der Waals surface area contributed by atoms with Crippen LogP contribution in [0.25, 0.3) is 0 Å². The van der Waals surface area contributed by atoms with Crippen LogP contribution >= 0.6 is 0 Å². The van der Waals surface area contributed by atoms with Gasteiger partial charge in [0.1, 0.15) is 6.04 Å². The number of rotatable bonds is 2. The van der Waals surface area contributed by atoms with Crippen molar-refractivity contribution in [3.63, 3.8) is 0 Å². The lowest BCUT2D eigenvalue weighted by Crippen LogP contribution is -2.53. The van der Waals surface area contributed by atoms with Gasteiger partial charge in [-0.2, -0.15) is 13.2 Å². The first kappa shape index (κ1) is 12.3. The standard InChI is InChI=1S/C8H12F3NO3/c1-14-7(13)6-4-15-3-2-12(6)5-8(9,10)11/h6H,2-5H2,1H3/t6-/m1/s1. The zero-order valence-corrected chi connectivity index (χ0v) is 8.21. The van der Waals surface area contributed by atoms with E-state index in [9.17, 15) is 18.0 Å². The Morgan fingerprint density at radius 3 is 2.80 bits per heavy atom. The van der Waals surface area contributed by atoms with Crippen LogP contribution < -0.4 is 0 Å². The maximum Gasteiger partial charge on any atom is 0.401 e. The fourth-order valence-electron chi connectivity index (χ4n) is 1.41. The van der Waals surface area contributed by atoms with E-state index in [0.717, 1.165) is 12.0 Å². The van der Waals surface area contributed by atoms with E-state index in [1.165, 1.54) is 0 Å². The van der Waals surface area contributed by atoms with E-state index in [0.29, 0.717) is 0 Å². The molecule has 1 fully saturated rings. The molecule has 88 valence electrons. The molecule has 0 aromatic rings. The van der Waals surface area contributed by atoms with Gasteiger partial charge in [0, 0.05) is 6.54 Å². The van der Waals surface area contributed by atoms with E-state index in [1.807, 2.05) is 0 Å². The predicted molar refractivity (Wildman–Crippen MR) is 44.3 cm³/mol. The molecule has 1 atom stereocenters. The molecule has 0 bridgehead atoms. The van der Waals surface area contributed by atoms with Crippen LogP contribution in [0.3, 0.4) is 0 Å². The maximum absolute atomic E-state index is 12.1. The molecule has 0 N–H and O–H groups in total. The van der Waals surface area contributed by atoms with Crippen molar-refractivity contribution in [2.45, 2.75) is 12.2 Å². The van der Waals surface area contributed by atoms with Gasteiger partial charge in [-0.3, -0.25) is 9.69 Å². The molecule has 0 aromatic carbocycles. The van der Waals surface area contributed by atoms with Crippen LogP contribution in [0.2, 0.25) is 0 Å². The Kier molecular flexibility index (Phi) is 3.92. The summed E-state index contributed by atoms with van der Waals surface area (Å²) in [4.78, 5) is 12.2. The molecule has 0 aliphatic carbocycles. The Bertz CT molecular complexity index is 232. The number of halogens is 3. The monoisotopic (exact) mass is 227 g/mol. The Labute approximate surface area is 84.9 Å². The van der Waals surface area contributed by atoms with Crippen LogP contribution in [0.4, 0.5) is 13.2 Å². The summed E-state index contributed by atoms with van der Waals surface area (Å²) in [6, 6.07) is -0.953. The molecule has 0 radical (unpaired) electrons. The molecule has 0 amide bonds. The van der Waals surface area contributed by atoms with E-state index in [2.05, 4.69) is 4.74 Å². The number of esters is 1. The highest BCUT2D eigenvalue weighted by molar-refractivity contribution is 5.75. The summed E-state index contributed by atoms with van der Waals surface area (Å²) >= 11 is 0. The fourth-order valence-corrected chi connectivity index (χ4v) is 1.41. The summed E-state index contributed by atoms with van der Waals surface area (Å²) in [5.74, 6) is -0.695. The van der Waals surface area contributed by atoms with Crippen molar-refractivity contribution < 1.29 is 27.4 Å². The molecule has 0 saturated carbocycles. The van der Waals surface area contributed by atoms with Crippen LogP contribution in [0, 0.1) is 0 Å². The number of hydrogen-bond acceptors (Lipinski definition) is 4. The second-order valence-electron chi connectivity index (χ2n) is 3.20. The zero-order valence-electron chi connectivity index (χ0n) is 8.21. The molecule has 1 rings (SSSR count). The highest BCUT2D eigenvalue weighted by Crippen LogP contribution is 2.19. The molecule has 1 aliphatic heterocycles. The minimum Gasteiger partial charge on any atom is -0.468 e. The molecular formula is C8H12F3NO3. The summed E-state index contributed by atoms with van der Waals surface area (Å²) in [7, 11) is 1.14. The summed E-state index contributed by atoms with van der Waals surface area (Å²) in [5, 5.41) is 0. The van der Waals surface area contributed by atoms with Gasteiger partial charge in [0.25, 0.3) is 0 Å². The number of alkyl halides is 3. The van der Waals surface area contributed by atoms with Gasteiger partial charge in [-0.25, -0.2) is 0 Å². The van der Waals surface area contributed by atoms with E-state index in [4.69, 9.17) is 4.74 Å². The van der Waals surface area contributed by atoms with Gasteiger partial charge in [-0.05, 0) is 0 Å². The van der Waals surface area contributed by atoms with E-state index >= 15 is 0 Å². The van der Waals surface area contributed by atoms with Gasteiger partial charge in [0.2, 0.25) is 0 Å². The molecule has 1 saturated heterocycles. The van der Waals surface area contributed by atoms with E-state index in [-0.39, 0.29) is 19.8 Å². The SMILES string of the molecule is COC(=O)[C@H]1COCCN1CC(F)(F)F. The second-order valence-corrected chi connectivity index (χ2v) is 3.20. The average Bonchev–Trinajstić information content (AvgIpc) is 2.15. The lowest BCUT2D eigenvalue weighted by molar-refractivity contribution is -0.175. The summed E-state index contributed by atoms with van der Waals surface area (Å²) < 4.78 is 45.8. The number of methoxy groups -OCH3 is 1. The van der Waals surface area contributed by atoms with Crippen LogP contribution in [0.1, 0.15) is 0 Å². The number of morpholine rings is 1. The molecule has 0 spiro atoms. The minimum absolute atomic E-state index is 0.0528. The van der Waals surface area contributed by atoms with Crippen LogP contribution in [-0.2, 0) is 14.3 Å². The van der Waals surface area contributed by atoms with Gasteiger partial charge in [-0.1, -0.05) is 0 Å². The second kappa shape index (κ2) is 4.80. The van der Waals surface area contributed by atoms with Crippen LogP contribution in [-0.4, -0.2) is 56.5 Å². The van der Waals surface area contributed by atoms with Crippen molar-refractivity contribution in [1.82, 2.24) is 4.90 Å². The van der Waals surface area contributed by atoms with Crippen LogP contribution in [0.15, 0.2) is 0 Å². The molecule has 0 unspecified atom stereocenters. The van der Waals surface area contributed by atoms with Gasteiger partial charge in [0.15, 0.2) is 0 Å². The molecule has 7 heteroatoms. The average molecular weight is 227 g/mol. The Morgan fingerprint density at radius 1 is 1.60 bits per heavy atom. The quantitative estimate of drug-likeness (QED) is 0.641. The maximum atomic E-state index is 12.1. The molecule has 15 heavy (non-hydrogen) atoms. The Balaban J connectivity index is 2.61. The molecule has 1 heterocycles. The molecule has 4 nitrogen and oxygen atoms in total. The Hall–Kier alpha value is -0.820. The first-order chi connectivity index (χ1) is 6.94. The van der Waals surface area contributed by atoms with Gasteiger partial charge in [0.05, 0.1) is 26.9 Å². The topological polar surface area (TPSA) is 38.8 Å². The summed E-state index contributed by atoms with van der Waals surface area (Å²) in [6.07, 6.45) is -4.32. The van der Waals surface area contributed by atoms with E-state index in [1.54, 1.807) is 0 Å². The van der Waals surface area contributed by atoms with Crippen molar-refractivity contribution in [2.24, 2.45) is 0 Å². The first-order valence-corrected chi connectivity index (χ1v) is 4.40. The van der Waals surface area contributed by atoms with Crippen molar-refractivity contribution in [3.8, 4) is 0 Å². The van der Waals surface area contributed by atoms with Crippen molar-refractivity contribution in [1.29, 1.82) is 0 Å². The Morgan fingerprint density at radius 2 is 2.27 bits per heavy atom. The summed E-state index contributed by atoms with van der Waals surface area (Å²) in [5.41, 5.74) is 0. The number of carbonyl (C=O) groups excluding carboxylic acids is 1. The van der Waals surface area contributed by atoms with E-state index < -0.39 is 24.7 Å². The number of nitrogens with zero attached hydrogens (tertiary/aromatic N) is 1. The lowest BCUT2D eigenvalue weighted by Gasteiger charge is -2.33. The van der Waals surface area contributed by atoms with Gasteiger partial charge < -0.3 is 9.47 Å². The zero-order chi connectivity index (χ0) is 11.5. The minimum atomic E-state index is -4.32. The van der Waals surface area contributed by atoms with Crippen molar-refractivity contribution in [3.05, 3.63) is 0 Å². The number of carbonyl (C=O) groups is 1. The fraction of sp³-hybridized carbons (Fsp3) is 0.875. The number of ether oxygens (including phenoxy) is 2. The third-order valence-corrected chi connectivity index (χ3v) is 2.09. The smallest absolute Gasteiger partial charge is 0.401 e. The normalized spacial score (nSPS) is 23.9. The van der Waals surface area contributed by atoms with Gasteiger partial charge in [-0.15, -0.1) is 0 Å². The highest BCUT2D eigenvalue weighted by Gasteiger charge is 2.38. The largest absolute Gasteiger partial charge is 0.468 e. The van der Waals surface area contributed by atoms with Crippen molar-refractivity contribution in [2.75, 3.05) is 33.4 Å². The summed E-state index contributed by atoms with van der Waals surface area (Å²) in [6.45, 7) is -0.887. The molecule has 1 aliphatic rings. The molecular weight excluding hydrogens is 215 g/mol. The van der Waals surface area contributed by atoms with Gasteiger partial charge >= 0.3 is 12.1 Å². The molecule has 0 aromatic heterocycles. The predicted octanol–water partition coefficient (Wildman–Crippen LogP) is 0.422. The number of hydrogen-bond donors (Lipinski definition) is 0. The lowest BCUT2D eigenvalue weighted by atomic mass is 10.2. The highest BCUT2D eigenvalue weighted by atomic mass is 19.4. The first-order valence-electron chi connectivity index (χ1n) is 4.40. The third kappa shape index (κ3) is 3.67. The van der Waals surface area contributed by atoms with Crippen molar-refractivity contribution >= 4 is 5.97 Å².